The number of carbonyl (C=O) groups is 1. The maximum Gasteiger partial charge on any atom is 0.264 e. The third kappa shape index (κ3) is 4.73. The fourth-order valence-electron chi connectivity index (χ4n) is 3.00. The van der Waals surface area contributed by atoms with Crippen LogP contribution in [-0.4, -0.2) is 32.0 Å². The Bertz CT molecular complexity index is 1160. The highest BCUT2D eigenvalue weighted by molar-refractivity contribution is 6.32. The van der Waals surface area contributed by atoms with Crippen molar-refractivity contribution in [1.29, 1.82) is 5.26 Å². The number of hydrogen-bond donors (Lipinski definition) is 0. The van der Waals surface area contributed by atoms with Gasteiger partial charge in [0.1, 0.15) is 18.2 Å². The van der Waals surface area contributed by atoms with E-state index in [1.54, 1.807) is 26.2 Å². The largest absolute Gasteiger partial charge is 0.493 e. The van der Waals surface area contributed by atoms with Gasteiger partial charge in [-0.3, -0.25) is 4.79 Å². The van der Waals surface area contributed by atoms with Crippen LogP contribution in [-0.2, 0) is 11.4 Å². The minimum Gasteiger partial charge on any atom is -0.493 e. The lowest BCUT2D eigenvalue weighted by Gasteiger charge is -2.14. The van der Waals surface area contributed by atoms with E-state index < -0.39 is 0 Å². The highest BCUT2D eigenvalue weighted by atomic mass is 35.5. The van der Waals surface area contributed by atoms with E-state index in [1.165, 1.54) is 18.1 Å². The number of halogens is 1. The number of nitrogens with zero attached hydrogens (tertiary/aromatic N) is 2. The number of carbonyl (C=O) groups excluding carboxylic acids is 1. The molecular weight excluding hydrogens is 400 g/mol. The van der Waals surface area contributed by atoms with Crippen LogP contribution in [0.3, 0.4) is 0 Å². The fraction of sp³-hybridized carbons (Fsp3) is 0.167. The number of likely N-dealkylation sites (N-methyl/N-ethyl adjacent to an activating group) is 1. The van der Waals surface area contributed by atoms with Crippen molar-refractivity contribution in [2.24, 2.45) is 0 Å². The quantitative estimate of drug-likeness (QED) is 0.412. The third-order valence-corrected chi connectivity index (χ3v) is 4.80. The first-order valence-electron chi connectivity index (χ1n) is 9.24. The Morgan fingerprint density at radius 1 is 1.13 bits per heavy atom. The summed E-state index contributed by atoms with van der Waals surface area (Å²) in [6.07, 6.45) is 1.48. The summed E-state index contributed by atoms with van der Waals surface area (Å²) in [4.78, 5) is 13.4. The SMILES string of the molecule is COc1cc(/C=C(/C#N)C(=O)N(C)C)cc(Cl)c1OCc1ccc2ccccc2c1. The Balaban J connectivity index is 1.86. The van der Waals surface area contributed by atoms with E-state index in [-0.39, 0.29) is 11.5 Å². The zero-order valence-corrected chi connectivity index (χ0v) is 17.7. The predicted molar refractivity (Wildman–Crippen MR) is 119 cm³/mol. The van der Waals surface area contributed by atoms with E-state index in [4.69, 9.17) is 21.1 Å². The summed E-state index contributed by atoms with van der Waals surface area (Å²) in [5.41, 5.74) is 1.57. The standard InChI is InChI=1S/C24H21ClN2O3/c1-27(2)24(28)20(14-26)11-17-12-21(25)23(22(13-17)29-3)30-15-16-8-9-18-6-4-5-7-19(18)10-16/h4-13H,15H2,1-3H3/b20-11-. The molecule has 0 N–H and O–H groups in total. The molecule has 0 unspecified atom stereocenters. The molecule has 0 heterocycles. The van der Waals surface area contributed by atoms with Gasteiger partial charge in [0.05, 0.1) is 12.1 Å². The molecule has 0 aliphatic carbocycles. The van der Waals surface area contributed by atoms with E-state index in [1.807, 2.05) is 30.3 Å². The maximum atomic E-state index is 12.1. The average molecular weight is 421 g/mol. The van der Waals surface area contributed by atoms with Gasteiger partial charge in [-0.05, 0) is 46.2 Å². The van der Waals surface area contributed by atoms with Crippen molar-refractivity contribution in [3.05, 3.63) is 76.3 Å². The summed E-state index contributed by atoms with van der Waals surface area (Å²) in [5.74, 6) is 0.440. The lowest BCUT2D eigenvalue weighted by Crippen LogP contribution is -2.22. The first-order chi connectivity index (χ1) is 14.4. The molecule has 0 atom stereocenters. The number of nitriles is 1. The fourth-order valence-corrected chi connectivity index (χ4v) is 3.27. The minimum absolute atomic E-state index is 0.00273. The number of amides is 1. The summed E-state index contributed by atoms with van der Waals surface area (Å²) in [5, 5.41) is 11.9. The molecule has 0 fully saturated rings. The van der Waals surface area contributed by atoms with E-state index in [0.29, 0.717) is 28.7 Å². The third-order valence-electron chi connectivity index (χ3n) is 4.52. The van der Waals surface area contributed by atoms with Crippen molar-refractivity contribution in [3.8, 4) is 17.6 Å². The number of ether oxygens (including phenoxy) is 2. The van der Waals surface area contributed by atoms with Gasteiger partial charge in [-0.15, -0.1) is 0 Å². The minimum atomic E-state index is -0.385. The van der Waals surface area contributed by atoms with Crippen molar-refractivity contribution in [1.82, 2.24) is 4.90 Å². The molecule has 0 aliphatic heterocycles. The van der Waals surface area contributed by atoms with Gasteiger partial charge < -0.3 is 14.4 Å². The zero-order chi connectivity index (χ0) is 21.7. The molecule has 0 aliphatic rings. The van der Waals surface area contributed by atoms with E-state index in [9.17, 15) is 10.1 Å². The zero-order valence-electron chi connectivity index (χ0n) is 17.0. The second kappa shape index (κ2) is 9.34. The molecular formula is C24H21ClN2O3. The maximum absolute atomic E-state index is 12.1. The highest BCUT2D eigenvalue weighted by Gasteiger charge is 2.15. The van der Waals surface area contributed by atoms with Crippen molar-refractivity contribution < 1.29 is 14.3 Å². The Labute approximate surface area is 180 Å². The lowest BCUT2D eigenvalue weighted by molar-refractivity contribution is -0.124. The second-order valence-electron chi connectivity index (χ2n) is 6.87. The van der Waals surface area contributed by atoms with E-state index in [2.05, 4.69) is 18.2 Å². The van der Waals surface area contributed by atoms with Crippen LogP contribution in [0.4, 0.5) is 0 Å². The van der Waals surface area contributed by atoms with E-state index >= 15 is 0 Å². The smallest absolute Gasteiger partial charge is 0.264 e. The second-order valence-corrected chi connectivity index (χ2v) is 7.28. The summed E-state index contributed by atoms with van der Waals surface area (Å²) < 4.78 is 11.4. The molecule has 3 rings (SSSR count). The first-order valence-corrected chi connectivity index (χ1v) is 9.62. The van der Waals surface area contributed by atoms with Crippen LogP contribution in [0.15, 0.2) is 60.2 Å². The van der Waals surface area contributed by atoms with Gasteiger partial charge in [-0.1, -0.05) is 48.0 Å². The average Bonchev–Trinajstić information content (AvgIpc) is 2.75. The summed E-state index contributed by atoms with van der Waals surface area (Å²) in [7, 11) is 4.69. The normalized spacial score (nSPS) is 11.1. The molecule has 1 amide bonds. The van der Waals surface area contributed by atoms with Crippen LogP contribution in [0.1, 0.15) is 11.1 Å². The molecule has 5 nitrogen and oxygen atoms in total. The monoisotopic (exact) mass is 420 g/mol. The molecule has 152 valence electrons. The van der Waals surface area contributed by atoms with Crippen LogP contribution in [0.5, 0.6) is 11.5 Å². The van der Waals surface area contributed by atoms with Gasteiger partial charge >= 0.3 is 0 Å². The number of fused-ring (bicyclic) bond motifs is 1. The number of hydrogen-bond acceptors (Lipinski definition) is 4. The summed E-state index contributed by atoms with van der Waals surface area (Å²) >= 11 is 6.43. The van der Waals surface area contributed by atoms with Crippen LogP contribution >= 0.6 is 11.6 Å². The highest BCUT2D eigenvalue weighted by Crippen LogP contribution is 2.37. The number of methoxy groups -OCH3 is 1. The van der Waals surface area contributed by atoms with Crippen molar-refractivity contribution in [3.63, 3.8) is 0 Å². The molecule has 3 aromatic rings. The van der Waals surface area contributed by atoms with Crippen LogP contribution in [0.25, 0.3) is 16.8 Å². The lowest BCUT2D eigenvalue weighted by atomic mass is 10.1. The Morgan fingerprint density at radius 3 is 2.53 bits per heavy atom. The number of rotatable bonds is 6. The van der Waals surface area contributed by atoms with Crippen LogP contribution in [0, 0.1) is 11.3 Å². The molecule has 0 aromatic heterocycles. The van der Waals surface area contributed by atoms with Gasteiger partial charge in [-0.25, -0.2) is 0 Å². The first kappa shape index (κ1) is 21.2. The Hall–Kier alpha value is -3.49. The summed E-state index contributed by atoms with van der Waals surface area (Å²) in [6, 6.07) is 19.5. The number of benzene rings is 3. The Morgan fingerprint density at radius 2 is 1.87 bits per heavy atom. The van der Waals surface area contributed by atoms with Gasteiger partial charge in [0, 0.05) is 14.1 Å². The molecule has 0 saturated heterocycles. The topological polar surface area (TPSA) is 62.6 Å². The molecule has 30 heavy (non-hydrogen) atoms. The van der Waals surface area contributed by atoms with Crippen LogP contribution in [0.2, 0.25) is 5.02 Å². The van der Waals surface area contributed by atoms with Gasteiger partial charge in [0.2, 0.25) is 0 Å². The summed E-state index contributed by atoms with van der Waals surface area (Å²) in [6.45, 7) is 0.318. The van der Waals surface area contributed by atoms with Gasteiger partial charge in [0.15, 0.2) is 11.5 Å². The molecule has 0 bridgehead atoms. The predicted octanol–water partition coefficient (Wildman–Crippen LogP) is 5.08. The molecule has 6 heteroatoms. The molecule has 0 spiro atoms. The molecule has 3 aromatic carbocycles. The van der Waals surface area contributed by atoms with Gasteiger partial charge in [0.25, 0.3) is 5.91 Å². The van der Waals surface area contributed by atoms with Crippen LogP contribution < -0.4 is 9.47 Å². The Kier molecular flexibility index (Phi) is 6.61. The van der Waals surface area contributed by atoms with Crippen molar-refractivity contribution in [2.75, 3.05) is 21.2 Å². The molecule has 0 radical (unpaired) electrons. The van der Waals surface area contributed by atoms with Crippen molar-refractivity contribution >= 4 is 34.4 Å². The van der Waals surface area contributed by atoms with Crippen molar-refractivity contribution in [2.45, 2.75) is 6.61 Å². The van der Waals surface area contributed by atoms with E-state index in [0.717, 1.165) is 16.3 Å². The van der Waals surface area contributed by atoms with Gasteiger partial charge in [-0.2, -0.15) is 5.26 Å². The molecule has 0 saturated carbocycles.